The summed E-state index contributed by atoms with van der Waals surface area (Å²) in [5.41, 5.74) is 1.19. The molecule has 48 valence electrons. The Morgan fingerprint density at radius 2 is 2.44 bits per heavy atom. The minimum absolute atomic E-state index is 0.870. The second kappa shape index (κ2) is 2.85. The van der Waals surface area contributed by atoms with E-state index in [0.717, 1.165) is 5.03 Å². The van der Waals surface area contributed by atoms with Crippen LogP contribution in [0.3, 0.4) is 0 Å². The largest absolute Gasteiger partial charge is 0.272 e. The summed E-state index contributed by atoms with van der Waals surface area (Å²) in [6, 6.07) is 3.89. The zero-order chi connectivity index (χ0) is 6.69. The number of nitrogens with zero attached hydrogens (tertiary/aromatic N) is 1. The first-order valence-electron chi connectivity index (χ1n) is 2.62. The molecule has 0 aromatic carbocycles. The maximum absolute atomic E-state index is 5.27. The van der Waals surface area contributed by atoms with Gasteiger partial charge >= 0.3 is 0 Å². The van der Waals surface area contributed by atoms with Gasteiger partial charge in [0.1, 0.15) is 5.03 Å². The molecule has 0 fully saturated rings. The lowest BCUT2D eigenvalue weighted by Crippen LogP contribution is -1.84. The van der Waals surface area contributed by atoms with Gasteiger partial charge in [0.2, 0.25) is 0 Å². The van der Waals surface area contributed by atoms with Crippen molar-refractivity contribution in [2.75, 3.05) is 0 Å². The molecule has 0 spiro atoms. The summed E-state index contributed by atoms with van der Waals surface area (Å²) in [6.45, 7) is 2.02. The maximum atomic E-state index is 5.27. The van der Waals surface area contributed by atoms with Gasteiger partial charge < -0.3 is 0 Å². The first-order valence-corrected chi connectivity index (χ1v) is 3.50. The van der Waals surface area contributed by atoms with E-state index in [1.54, 1.807) is 6.20 Å². The Morgan fingerprint density at radius 3 is 2.89 bits per heavy atom. The average molecular weight is 140 g/mol. The predicted molar refractivity (Wildman–Crippen MR) is 39.0 cm³/mol. The molecule has 0 atom stereocenters. The Labute approximate surface area is 58.6 Å². The van der Waals surface area contributed by atoms with Gasteiger partial charge in [-0.15, -0.1) is 0 Å². The number of aromatic nitrogens is 1. The van der Waals surface area contributed by atoms with Crippen LogP contribution in [0, 0.1) is 6.92 Å². The third-order valence-corrected chi connectivity index (χ3v) is 1.48. The lowest BCUT2D eigenvalue weighted by atomic mass is 10.3. The van der Waals surface area contributed by atoms with Crippen molar-refractivity contribution in [2.24, 2.45) is 5.14 Å². The van der Waals surface area contributed by atoms with Crippen LogP contribution in [0.5, 0.6) is 0 Å². The van der Waals surface area contributed by atoms with Crippen LogP contribution in [0.2, 0.25) is 0 Å². The van der Waals surface area contributed by atoms with E-state index in [-0.39, 0.29) is 0 Å². The number of hydrogen-bond donors (Lipinski definition) is 1. The standard InChI is InChI=1S/C6H8N2S/c1-5-2-3-8-6(4-5)9-7/h2-4H,7H2,1H3. The number of nitrogens with two attached hydrogens (primary N) is 1. The van der Waals surface area contributed by atoms with Gasteiger partial charge in [-0.25, -0.2) is 4.98 Å². The van der Waals surface area contributed by atoms with Crippen LogP contribution in [0.15, 0.2) is 23.4 Å². The quantitative estimate of drug-likeness (QED) is 0.598. The highest BCUT2D eigenvalue weighted by atomic mass is 32.2. The van der Waals surface area contributed by atoms with E-state index in [1.165, 1.54) is 17.5 Å². The Morgan fingerprint density at radius 1 is 1.67 bits per heavy atom. The molecule has 1 rings (SSSR count). The second-order valence-electron chi connectivity index (χ2n) is 1.79. The van der Waals surface area contributed by atoms with Gasteiger partial charge in [0.25, 0.3) is 0 Å². The van der Waals surface area contributed by atoms with E-state index in [9.17, 15) is 0 Å². The van der Waals surface area contributed by atoms with Crippen LogP contribution in [0.25, 0.3) is 0 Å². The third kappa shape index (κ3) is 1.69. The minimum Gasteiger partial charge on any atom is -0.272 e. The van der Waals surface area contributed by atoms with Crippen molar-refractivity contribution in [3.8, 4) is 0 Å². The van der Waals surface area contributed by atoms with Crippen molar-refractivity contribution in [1.29, 1.82) is 0 Å². The summed E-state index contributed by atoms with van der Waals surface area (Å²) >= 11 is 1.17. The molecule has 0 saturated heterocycles. The Balaban J connectivity index is 2.94. The Hall–Kier alpha value is -0.540. The fourth-order valence-corrected chi connectivity index (χ4v) is 0.949. The van der Waals surface area contributed by atoms with Crippen LogP contribution in [0.1, 0.15) is 5.56 Å². The van der Waals surface area contributed by atoms with E-state index < -0.39 is 0 Å². The van der Waals surface area contributed by atoms with Crippen molar-refractivity contribution in [3.05, 3.63) is 23.9 Å². The van der Waals surface area contributed by atoms with Crippen LogP contribution in [-0.4, -0.2) is 4.98 Å². The summed E-state index contributed by atoms with van der Waals surface area (Å²) in [4.78, 5) is 4.00. The summed E-state index contributed by atoms with van der Waals surface area (Å²) < 4.78 is 0. The van der Waals surface area contributed by atoms with Crippen molar-refractivity contribution < 1.29 is 0 Å². The highest BCUT2D eigenvalue weighted by molar-refractivity contribution is 7.97. The second-order valence-corrected chi connectivity index (χ2v) is 2.44. The minimum atomic E-state index is 0.870. The van der Waals surface area contributed by atoms with Crippen molar-refractivity contribution in [1.82, 2.24) is 4.98 Å². The average Bonchev–Trinajstić information content (AvgIpc) is 1.88. The maximum Gasteiger partial charge on any atom is 0.111 e. The normalized spacial score (nSPS) is 9.56. The number of hydrogen-bond acceptors (Lipinski definition) is 3. The predicted octanol–water partition coefficient (Wildman–Crippen LogP) is 1.36. The molecule has 2 nitrogen and oxygen atoms in total. The molecule has 1 aromatic heterocycles. The van der Waals surface area contributed by atoms with Crippen molar-refractivity contribution in [3.63, 3.8) is 0 Å². The monoisotopic (exact) mass is 140 g/mol. The Bertz CT molecular complexity index is 200. The van der Waals surface area contributed by atoms with Crippen LogP contribution in [0.4, 0.5) is 0 Å². The van der Waals surface area contributed by atoms with E-state index in [0.29, 0.717) is 0 Å². The molecule has 1 aromatic rings. The van der Waals surface area contributed by atoms with Gasteiger partial charge in [-0.1, -0.05) is 0 Å². The van der Waals surface area contributed by atoms with Crippen molar-refractivity contribution >= 4 is 11.9 Å². The molecule has 0 saturated carbocycles. The van der Waals surface area contributed by atoms with Gasteiger partial charge in [0.15, 0.2) is 0 Å². The van der Waals surface area contributed by atoms with E-state index in [4.69, 9.17) is 5.14 Å². The molecule has 0 amide bonds. The fraction of sp³-hybridized carbons (Fsp3) is 0.167. The van der Waals surface area contributed by atoms with Gasteiger partial charge in [-0.2, -0.15) is 0 Å². The zero-order valence-corrected chi connectivity index (χ0v) is 5.98. The molecule has 3 heteroatoms. The SMILES string of the molecule is Cc1ccnc(SN)c1. The number of pyridine rings is 1. The summed E-state index contributed by atoms with van der Waals surface area (Å²) in [5.74, 6) is 0. The molecular weight excluding hydrogens is 132 g/mol. The molecular formula is C6H8N2S. The molecule has 1 heterocycles. The number of rotatable bonds is 1. The molecule has 0 aliphatic carbocycles. The molecule has 0 aliphatic heterocycles. The first-order chi connectivity index (χ1) is 4.33. The van der Waals surface area contributed by atoms with E-state index in [1.807, 2.05) is 19.1 Å². The van der Waals surface area contributed by atoms with Crippen molar-refractivity contribution in [2.45, 2.75) is 11.9 Å². The molecule has 2 N–H and O–H groups in total. The van der Waals surface area contributed by atoms with Crippen LogP contribution >= 0.6 is 11.9 Å². The lowest BCUT2D eigenvalue weighted by Gasteiger charge is -1.93. The first kappa shape index (κ1) is 6.58. The van der Waals surface area contributed by atoms with Gasteiger partial charge in [0.05, 0.1) is 0 Å². The molecule has 0 bridgehead atoms. The van der Waals surface area contributed by atoms with Gasteiger partial charge in [-0.05, 0) is 36.6 Å². The third-order valence-electron chi connectivity index (χ3n) is 1.01. The zero-order valence-electron chi connectivity index (χ0n) is 5.16. The summed E-state index contributed by atoms with van der Waals surface area (Å²) in [5, 5.41) is 6.14. The smallest absolute Gasteiger partial charge is 0.111 e. The number of aryl methyl sites for hydroxylation is 1. The lowest BCUT2D eigenvalue weighted by molar-refractivity contribution is 1.11. The Kier molecular flexibility index (Phi) is 2.08. The summed E-state index contributed by atoms with van der Waals surface area (Å²) in [7, 11) is 0. The fourth-order valence-electron chi connectivity index (χ4n) is 0.573. The van der Waals surface area contributed by atoms with Gasteiger partial charge in [-0.3, -0.25) is 5.14 Å². The van der Waals surface area contributed by atoms with Gasteiger partial charge in [0, 0.05) is 6.20 Å². The van der Waals surface area contributed by atoms with Crippen LogP contribution in [-0.2, 0) is 0 Å². The molecule has 0 radical (unpaired) electrons. The van der Waals surface area contributed by atoms with E-state index in [2.05, 4.69) is 4.98 Å². The molecule has 0 aliphatic rings. The van der Waals surface area contributed by atoms with Crippen LogP contribution < -0.4 is 5.14 Å². The van der Waals surface area contributed by atoms with E-state index >= 15 is 0 Å². The topological polar surface area (TPSA) is 38.9 Å². The molecule has 0 unspecified atom stereocenters. The summed E-state index contributed by atoms with van der Waals surface area (Å²) in [6.07, 6.45) is 1.75. The highest BCUT2D eigenvalue weighted by Gasteiger charge is 1.88. The highest BCUT2D eigenvalue weighted by Crippen LogP contribution is 2.07. The molecule has 9 heavy (non-hydrogen) atoms.